The molecule has 0 amide bonds. The summed E-state index contributed by atoms with van der Waals surface area (Å²) in [5.74, 6) is 0. The van der Waals surface area contributed by atoms with E-state index in [1.54, 1.807) is 36.7 Å². The molecule has 0 fully saturated rings. The summed E-state index contributed by atoms with van der Waals surface area (Å²) < 4.78 is 26.7. The molecule has 0 aliphatic carbocycles. The molecule has 0 saturated carbocycles. The molecule has 112 valence electrons. The van der Waals surface area contributed by atoms with Gasteiger partial charge in [-0.2, -0.15) is 4.31 Å². The molecule has 0 bridgehead atoms. The number of nitrogens with zero attached hydrogens (tertiary/aromatic N) is 2. The summed E-state index contributed by atoms with van der Waals surface area (Å²) >= 11 is 0. The number of rotatable bonds is 6. The summed E-state index contributed by atoms with van der Waals surface area (Å²) in [5, 5.41) is 0. The van der Waals surface area contributed by atoms with Gasteiger partial charge in [0.25, 0.3) is 0 Å². The first-order valence-electron chi connectivity index (χ1n) is 6.76. The zero-order valence-corrected chi connectivity index (χ0v) is 12.8. The number of pyridine rings is 1. The second kappa shape index (κ2) is 6.80. The molecule has 2 aromatic rings. The van der Waals surface area contributed by atoms with Crippen LogP contribution in [0.15, 0.2) is 53.7 Å². The van der Waals surface area contributed by atoms with E-state index in [1.807, 2.05) is 19.1 Å². The smallest absolute Gasteiger partial charge is 0.243 e. The van der Waals surface area contributed by atoms with Crippen LogP contribution >= 0.6 is 0 Å². The van der Waals surface area contributed by atoms with Crippen molar-refractivity contribution in [2.75, 3.05) is 6.54 Å². The van der Waals surface area contributed by atoms with E-state index in [0.717, 1.165) is 11.1 Å². The highest BCUT2D eigenvalue weighted by atomic mass is 32.2. The van der Waals surface area contributed by atoms with E-state index in [4.69, 9.17) is 5.73 Å². The van der Waals surface area contributed by atoms with Gasteiger partial charge in [-0.3, -0.25) is 4.98 Å². The van der Waals surface area contributed by atoms with Gasteiger partial charge in [-0.25, -0.2) is 8.42 Å². The Bertz CT molecular complexity index is 670. The highest BCUT2D eigenvalue weighted by Gasteiger charge is 2.22. The molecule has 0 aliphatic heterocycles. The zero-order valence-electron chi connectivity index (χ0n) is 11.9. The van der Waals surface area contributed by atoms with Crippen molar-refractivity contribution in [3.8, 4) is 0 Å². The third kappa shape index (κ3) is 3.66. The number of sulfonamides is 1. The standard InChI is InChI=1S/C15H19N3O2S/c1-2-18(12-14-7-9-17-10-8-14)21(19,20)15-5-3-13(11-16)4-6-15/h3-10H,2,11-12,16H2,1H3. The summed E-state index contributed by atoms with van der Waals surface area (Å²) in [6.45, 7) is 2.96. The summed E-state index contributed by atoms with van der Waals surface area (Å²) in [6.07, 6.45) is 3.32. The van der Waals surface area contributed by atoms with Crippen molar-refractivity contribution in [1.29, 1.82) is 0 Å². The monoisotopic (exact) mass is 305 g/mol. The molecular formula is C15H19N3O2S. The number of benzene rings is 1. The number of nitrogens with two attached hydrogens (primary N) is 1. The first-order chi connectivity index (χ1) is 10.1. The Hall–Kier alpha value is -1.76. The van der Waals surface area contributed by atoms with Gasteiger partial charge in [0.1, 0.15) is 0 Å². The molecule has 21 heavy (non-hydrogen) atoms. The Kier molecular flexibility index (Phi) is 5.06. The van der Waals surface area contributed by atoms with Crippen LogP contribution in [0.5, 0.6) is 0 Å². The minimum atomic E-state index is -3.50. The second-order valence-electron chi connectivity index (χ2n) is 4.63. The fourth-order valence-corrected chi connectivity index (χ4v) is 3.44. The summed E-state index contributed by atoms with van der Waals surface area (Å²) in [4.78, 5) is 4.23. The Balaban J connectivity index is 2.26. The SMILES string of the molecule is CCN(Cc1ccncc1)S(=O)(=O)c1ccc(CN)cc1. The van der Waals surface area contributed by atoms with E-state index >= 15 is 0 Å². The lowest BCUT2D eigenvalue weighted by Crippen LogP contribution is -2.30. The van der Waals surface area contributed by atoms with Crippen molar-refractivity contribution in [2.24, 2.45) is 5.73 Å². The van der Waals surface area contributed by atoms with Crippen molar-refractivity contribution in [3.05, 3.63) is 59.9 Å². The van der Waals surface area contributed by atoms with Crippen molar-refractivity contribution in [2.45, 2.75) is 24.9 Å². The molecule has 0 unspecified atom stereocenters. The van der Waals surface area contributed by atoms with Gasteiger partial charge in [0.15, 0.2) is 0 Å². The van der Waals surface area contributed by atoms with Gasteiger partial charge < -0.3 is 5.73 Å². The maximum absolute atomic E-state index is 12.6. The average molecular weight is 305 g/mol. The fourth-order valence-electron chi connectivity index (χ4n) is 2.01. The van der Waals surface area contributed by atoms with E-state index in [1.165, 1.54) is 4.31 Å². The van der Waals surface area contributed by atoms with Crippen molar-refractivity contribution < 1.29 is 8.42 Å². The minimum Gasteiger partial charge on any atom is -0.326 e. The Labute approximate surface area is 125 Å². The van der Waals surface area contributed by atoms with Crippen LogP contribution in [0.2, 0.25) is 0 Å². The van der Waals surface area contributed by atoms with Crippen LogP contribution in [0.1, 0.15) is 18.1 Å². The van der Waals surface area contributed by atoms with E-state index in [-0.39, 0.29) is 4.90 Å². The Morgan fingerprint density at radius 1 is 1.05 bits per heavy atom. The molecule has 0 aliphatic rings. The van der Waals surface area contributed by atoms with E-state index in [0.29, 0.717) is 19.6 Å². The topological polar surface area (TPSA) is 76.3 Å². The van der Waals surface area contributed by atoms with Gasteiger partial charge in [-0.15, -0.1) is 0 Å². The number of aromatic nitrogens is 1. The van der Waals surface area contributed by atoms with Gasteiger partial charge in [-0.05, 0) is 35.4 Å². The fraction of sp³-hybridized carbons (Fsp3) is 0.267. The van der Waals surface area contributed by atoms with Gasteiger partial charge in [-0.1, -0.05) is 19.1 Å². The maximum Gasteiger partial charge on any atom is 0.243 e. The number of hydrogen-bond acceptors (Lipinski definition) is 4. The summed E-state index contributed by atoms with van der Waals surface area (Å²) in [5.41, 5.74) is 7.35. The number of hydrogen-bond donors (Lipinski definition) is 1. The predicted octanol–water partition coefficient (Wildman–Crippen LogP) is 1.75. The van der Waals surface area contributed by atoms with E-state index in [9.17, 15) is 8.42 Å². The third-order valence-corrected chi connectivity index (χ3v) is 5.19. The minimum absolute atomic E-state index is 0.288. The molecule has 5 nitrogen and oxygen atoms in total. The largest absolute Gasteiger partial charge is 0.326 e. The molecule has 6 heteroatoms. The second-order valence-corrected chi connectivity index (χ2v) is 6.57. The lowest BCUT2D eigenvalue weighted by atomic mass is 10.2. The van der Waals surface area contributed by atoms with Gasteiger partial charge in [0, 0.05) is 32.0 Å². The Morgan fingerprint density at radius 3 is 2.19 bits per heavy atom. The molecule has 0 saturated heterocycles. The van der Waals surface area contributed by atoms with Crippen LogP contribution < -0.4 is 5.73 Å². The molecule has 1 heterocycles. The average Bonchev–Trinajstić information content (AvgIpc) is 2.53. The molecule has 0 spiro atoms. The maximum atomic E-state index is 12.6. The summed E-state index contributed by atoms with van der Waals surface area (Å²) in [7, 11) is -3.50. The van der Waals surface area contributed by atoms with Crippen molar-refractivity contribution in [3.63, 3.8) is 0 Å². The molecular weight excluding hydrogens is 286 g/mol. The molecule has 2 N–H and O–H groups in total. The first kappa shape index (κ1) is 15.6. The molecule has 2 rings (SSSR count). The van der Waals surface area contributed by atoms with Crippen LogP contribution in [0.4, 0.5) is 0 Å². The van der Waals surface area contributed by atoms with Gasteiger partial charge in [0.2, 0.25) is 10.0 Å². The molecule has 0 radical (unpaired) electrons. The van der Waals surface area contributed by atoms with Crippen LogP contribution in [0, 0.1) is 0 Å². The summed E-state index contributed by atoms with van der Waals surface area (Å²) in [6, 6.07) is 10.3. The van der Waals surface area contributed by atoms with Crippen molar-refractivity contribution >= 4 is 10.0 Å². The Morgan fingerprint density at radius 2 is 1.67 bits per heavy atom. The lowest BCUT2D eigenvalue weighted by molar-refractivity contribution is 0.423. The normalized spacial score (nSPS) is 11.8. The first-order valence-corrected chi connectivity index (χ1v) is 8.20. The molecule has 1 aromatic carbocycles. The quantitative estimate of drug-likeness (QED) is 0.882. The third-order valence-electron chi connectivity index (χ3n) is 3.26. The van der Waals surface area contributed by atoms with Crippen LogP contribution in [0.3, 0.4) is 0 Å². The zero-order chi connectivity index (χ0) is 15.3. The van der Waals surface area contributed by atoms with Crippen LogP contribution in [-0.2, 0) is 23.1 Å². The van der Waals surface area contributed by atoms with Gasteiger partial charge >= 0.3 is 0 Å². The van der Waals surface area contributed by atoms with Crippen LogP contribution in [0.25, 0.3) is 0 Å². The van der Waals surface area contributed by atoms with E-state index < -0.39 is 10.0 Å². The molecule has 1 aromatic heterocycles. The van der Waals surface area contributed by atoms with Gasteiger partial charge in [0.05, 0.1) is 4.90 Å². The highest BCUT2D eigenvalue weighted by Crippen LogP contribution is 2.18. The van der Waals surface area contributed by atoms with Crippen molar-refractivity contribution in [1.82, 2.24) is 9.29 Å². The van der Waals surface area contributed by atoms with E-state index in [2.05, 4.69) is 4.98 Å². The molecule has 0 atom stereocenters. The predicted molar refractivity (Wildman–Crippen MR) is 81.8 cm³/mol. The highest BCUT2D eigenvalue weighted by molar-refractivity contribution is 7.89. The lowest BCUT2D eigenvalue weighted by Gasteiger charge is -2.20. The van der Waals surface area contributed by atoms with Crippen LogP contribution in [-0.4, -0.2) is 24.3 Å².